The molecular weight excluding hydrogens is 718 g/mol. The van der Waals surface area contributed by atoms with E-state index in [-0.39, 0.29) is 6.04 Å². The topological polar surface area (TPSA) is 85.7 Å². The fourth-order valence-corrected chi connectivity index (χ4v) is 5.84. The summed E-state index contributed by atoms with van der Waals surface area (Å²) >= 11 is -1.12. The molecule has 0 unspecified atom stereocenters. The zero-order valence-corrected chi connectivity index (χ0v) is 26.2. The summed E-state index contributed by atoms with van der Waals surface area (Å²) in [6, 6.07) is 14.1. The quantitative estimate of drug-likeness (QED) is 0.255. The van der Waals surface area contributed by atoms with Crippen LogP contribution in [-0.2, 0) is 6.61 Å². The molecule has 5 rings (SSSR count). The third kappa shape index (κ3) is 6.54. The number of piperazine rings is 1. The predicted molar refractivity (Wildman–Crippen MR) is 150 cm³/mol. The Morgan fingerprint density at radius 2 is 1.87 bits per heavy atom. The van der Waals surface area contributed by atoms with Gasteiger partial charge in [0, 0.05) is 0 Å². The van der Waals surface area contributed by atoms with Crippen molar-refractivity contribution < 1.29 is 40.9 Å². The molecule has 2 aromatic carbocycles. The molecule has 4 aromatic rings. The van der Waals surface area contributed by atoms with Crippen LogP contribution >= 0.6 is 0 Å². The van der Waals surface area contributed by atoms with E-state index in [1.165, 1.54) is 0 Å². The summed E-state index contributed by atoms with van der Waals surface area (Å²) < 4.78 is 22.6. The third-order valence-electron chi connectivity index (χ3n) is 6.47. The van der Waals surface area contributed by atoms with Crippen molar-refractivity contribution >= 4 is 28.4 Å². The molecule has 39 heavy (non-hydrogen) atoms. The number of hydrogen-bond acceptors (Lipinski definition) is 9. The molecule has 3 heterocycles. The minimum atomic E-state index is -1.12. The van der Waals surface area contributed by atoms with Gasteiger partial charge in [0.25, 0.3) is 0 Å². The van der Waals surface area contributed by atoms with Crippen molar-refractivity contribution in [2.75, 3.05) is 43.2 Å². The van der Waals surface area contributed by atoms with Crippen molar-refractivity contribution in [3.05, 3.63) is 73.3 Å². The van der Waals surface area contributed by atoms with Gasteiger partial charge in [-0.15, -0.1) is 0 Å². The first-order valence-electron chi connectivity index (χ1n) is 12.7. The monoisotopic (exact) mass is 748 g/mol. The van der Waals surface area contributed by atoms with E-state index in [0.717, 1.165) is 41.9 Å². The van der Waals surface area contributed by atoms with Crippen LogP contribution in [0.5, 0.6) is 17.2 Å². The van der Waals surface area contributed by atoms with Crippen LogP contribution in [0.4, 0.5) is 11.8 Å². The van der Waals surface area contributed by atoms with E-state index in [1.807, 2.05) is 42.5 Å². The van der Waals surface area contributed by atoms with Crippen molar-refractivity contribution in [3.63, 3.8) is 0 Å². The molecule has 1 aliphatic rings. The van der Waals surface area contributed by atoms with Crippen LogP contribution in [0.1, 0.15) is 12.5 Å². The van der Waals surface area contributed by atoms with Crippen molar-refractivity contribution in [2.45, 2.75) is 19.6 Å². The summed E-state index contributed by atoms with van der Waals surface area (Å²) in [5, 5.41) is 0.932. The second-order valence-corrected chi connectivity index (χ2v) is 13.4. The average Bonchev–Trinajstić information content (AvgIpc) is 2.98. The number of rotatable bonds is 9. The Morgan fingerprint density at radius 3 is 2.62 bits per heavy atom. The van der Waals surface area contributed by atoms with Crippen LogP contribution in [-0.4, -0.2) is 65.0 Å². The first-order valence-corrected chi connectivity index (χ1v) is 17.2. The molecule has 1 atom stereocenters. The fourth-order valence-electron chi connectivity index (χ4n) is 4.54. The molecule has 2 aromatic heterocycles. The van der Waals surface area contributed by atoms with Crippen LogP contribution in [0.2, 0.25) is 0 Å². The van der Waals surface area contributed by atoms with Gasteiger partial charge in [-0.3, -0.25) is 0 Å². The first-order chi connectivity index (χ1) is 19.2. The van der Waals surface area contributed by atoms with E-state index in [0.29, 0.717) is 36.4 Å². The number of benzene rings is 2. The fraction of sp³-hybridized carbons (Fsp3) is 0.276. The van der Waals surface area contributed by atoms with Crippen molar-refractivity contribution in [2.24, 2.45) is 0 Å². The molecule has 10 heteroatoms. The van der Waals surface area contributed by atoms with Crippen molar-refractivity contribution in [1.29, 1.82) is 0 Å². The van der Waals surface area contributed by atoms with Gasteiger partial charge in [-0.05, 0) is 5.56 Å². The van der Waals surface area contributed by atoms with E-state index in [2.05, 4.69) is 48.9 Å². The normalized spacial score (nSPS) is 14.9. The number of nitrogens with zero attached hydrogens (tertiary/aromatic N) is 6. The Balaban J connectivity index is 1.28. The van der Waals surface area contributed by atoms with Gasteiger partial charge in [0.15, 0.2) is 5.75 Å². The van der Waals surface area contributed by atoms with E-state index in [1.54, 1.807) is 25.8 Å². The molecule has 0 radical (unpaired) electrons. The van der Waals surface area contributed by atoms with E-state index in [4.69, 9.17) is 14.2 Å². The van der Waals surface area contributed by atoms with Gasteiger partial charge < -0.3 is 4.74 Å². The predicted octanol–water partition coefficient (Wildman–Crippen LogP) is 3.58. The Bertz CT molecular complexity index is 1510. The Kier molecular flexibility index (Phi) is 9.00. The molecule has 0 saturated carbocycles. The SMILES string of the molecule is C=[C]=[U]=[CH]COc1cc2ncnc(N3CCN(c4ncc(OCc5ccccc5)cn4)[C@H](C)C3)c2cc1OC. The standard InChI is InChI=1S/C27H28N6O3.C2H2.U/c1-4-35-25-13-23-22(12-24(25)34-3)26(31-18-30-23)32-10-11-33(19(2)16-32)27-28-14-21(15-29-27)36-17-20-8-6-5-7-9-20;1-2;/h1,5-9,12-15,18-19H,4,10-11,16-17H2,2-3H3;1H2;/t19-;;/m1../s1. The Morgan fingerprint density at radius 1 is 1.05 bits per heavy atom. The molecular formula is C29H30N6O3U. The van der Waals surface area contributed by atoms with E-state index < -0.39 is 26.7 Å². The van der Waals surface area contributed by atoms with Gasteiger partial charge in [-0.2, -0.15) is 0 Å². The van der Waals surface area contributed by atoms with Crippen LogP contribution < -0.4 is 24.0 Å². The Labute approximate surface area is 241 Å². The maximum absolute atomic E-state index is 5.95. The summed E-state index contributed by atoms with van der Waals surface area (Å²) in [7, 11) is 1.65. The first kappa shape index (κ1) is 27.0. The van der Waals surface area contributed by atoms with E-state index >= 15 is 0 Å². The van der Waals surface area contributed by atoms with E-state index in [9.17, 15) is 0 Å². The number of methoxy groups -OCH3 is 1. The molecule has 9 nitrogen and oxygen atoms in total. The number of aromatic nitrogens is 4. The van der Waals surface area contributed by atoms with Gasteiger partial charge in [-0.1, -0.05) is 30.3 Å². The molecule has 198 valence electrons. The summed E-state index contributed by atoms with van der Waals surface area (Å²) in [5.74, 6) is 3.57. The number of ether oxygens (including phenoxy) is 3. The molecule has 0 aliphatic carbocycles. The number of anilines is 2. The molecule has 0 spiro atoms. The molecule has 1 saturated heterocycles. The summed E-state index contributed by atoms with van der Waals surface area (Å²) in [6.07, 6.45) is 5.09. The Hall–Kier alpha value is -3.57. The molecule has 1 fully saturated rings. The van der Waals surface area contributed by atoms with Crippen LogP contribution in [0, 0.1) is 26.7 Å². The van der Waals surface area contributed by atoms with Crippen molar-refractivity contribution in [3.8, 4) is 17.2 Å². The van der Waals surface area contributed by atoms with Gasteiger partial charge >= 0.3 is 161 Å². The summed E-state index contributed by atoms with van der Waals surface area (Å²) in [5.41, 5.74) is 1.92. The molecule has 0 amide bonds. The third-order valence-corrected chi connectivity index (χ3v) is 8.87. The van der Waals surface area contributed by atoms with Gasteiger partial charge in [0.2, 0.25) is 5.95 Å². The van der Waals surface area contributed by atoms with Gasteiger partial charge in [0.05, 0.1) is 12.4 Å². The number of hydrogen-bond donors (Lipinski definition) is 0. The molecule has 0 bridgehead atoms. The van der Waals surface area contributed by atoms with Gasteiger partial charge in [-0.25, -0.2) is 9.97 Å². The second-order valence-electron chi connectivity index (χ2n) is 9.04. The average molecular weight is 749 g/mol. The van der Waals surface area contributed by atoms with Gasteiger partial charge in [0.1, 0.15) is 6.61 Å². The summed E-state index contributed by atoms with van der Waals surface area (Å²) in [4.78, 5) is 22.8. The zero-order chi connectivity index (χ0) is 27.0. The number of fused-ring (bicyclic) bond motifs is 1. The van der Waals surface area contributed by atoms with Crippen molar-refractivity contribution in [1.82, 2.24) is 19.9 Å². The minimum absolute atomic E-state index is 0.174. The van der Waals surface area contributed by atoms with Crippen LogP contribution in [0.3, 0.4) is 0 Å². The maximum atomic E-state index is 5.95. The molecule has 0 N–H and O–H groups in total. The zero-order valence-electron chi connectivity index (χ0n) is 22.1. The second kappa shape index (κ2) is 13.0. The van der Waals surface area contributed by atoms with Crippen LogP contribution in [0.15, 0.2) is 67.8 Å². The summed E-state index contributed by atoms with van der Waals surface area (Å²) in [6.45, 7) is 9.18. The van der Waals surface area contributed by atoms with Crippen LogP contribution in [0.25, 0.3) is 10.9 Å². The molecule has 1 aliphatic heterocycles.